The number of hydrogen-bond donors (Lipinski definition) is 1. The molecule has 1 aliphatic heterocycles. The third-order valence-electron chi connectivity index (χ3n) is 3.43. The molecule has 1 fully saturated rings. The van der Waals surface area contributed by atoms with E-state index in [4.69, 9.17) is 10.3 Å². The van der Waals surface area contributed by atoms with Gasteiger partial charge in [-0.05, 0) is 26.2 Å². The van der Waals surface area contributed by atoms with Crippen molar-refractivity contribution in [3.8, 4) is 0 Å². The minimum atomic E-state index is -0.389. The molecule has 1 saturated heterocycles. The molecule has 1 aliphatic rings. The first-order chi connectivity index (χ1) is 8.63. The van der Waals surface area contributed by atoms with E-state index in [9.17, 15) is 4.79 Å². The van der Waals surface area contributed by atoms with Gasteiger partial charge in [0.05, 0.1) is 17.8 Å². The van der Waals surface area contributed by atoms with E-state index >= 15 is 0 Å². The lowest BCUT2D eigenvalue weighted by Gasteiger charge is -2.25. The Morgan fingerprint density at radius 2 is 2.50 bits per heavy atom. The largest absolute Gasteiger partial charge is 0.359 e. The minimum absolute atomic E-state index is 0.0154. The maximum Gasteiger partial charge on any atom is 0.240 e. The van der Waals surface area contributed by atoms with Crippen molar-refractivity contribution in [2.45, 2.75) is 51.6 Å². The SMILES string of the molecule is CCC[C@H](N)C(=O)N1CCCC1c1cc(C)no1. The number of aryl methyl sites for hydroxylation is 1. The second-order valence-corrected chi connectivity index (χ2v) is 4.96. The van der Waals surface area contributed by atoms with E-state index in [0.29, 0.717) is 0 Å². The lowest BCUT2D eigenvalue weighted by atomic mass is 10.1. The number of carbonyl (C=O) groups is 1. The summed E-state index contributed by atoms with van der Waals surface area (Å²) in [5.41, 5.74) is 6.76. The Labute approximate surface area is 107 Å². The average molecular weight is 251 g/mol. The van der Waals surface area contributed by atoms with Gasteiger partial charge < -0.3 is 15.2 Å². The molecule has 0 radical (unpaired) electrons. The Morgan fingerprint density at radius 3 is 3.11 bits per heavy atom. The first-order valence-corrected chi connectivity index (χ1v) is 6.62. The van der Waals surface area contributed by atoms with Crippen molar-refractivity contribution in [1.82, 2.24) is 10.1 Å². The molecule has 0 saturated carbocycles. The highest BCUT2D eigenvalue weighted by atomic mass is 16.5. The number of carbonyl (C=O) groups excluding carboxylic acids is 1. The van der Waals surface area contributed by atoms with Crippen LogP contribution < -0.4 is 5.73 Å². The van der Waals surface area contributed by atoms with Gasteiger partial charge in [0.1, 0.15) is 0 Å². The summed E-state index contributed by atoms with van der Waals surface area (Å²) < 4.78 is 5.28. The molecule has 5 heteroatoms. The second-order valence-electron chi connectivity index (χ2n) is 4.96. The fourth-order valence-electron chi connectivity index (χ4n) is 2.51. The van der Waals surface area contributed by atoms with Crippen LogP contribution in [0.1, 0.15) is 50.1 Å². The number of hydrogen-bond acceptors (Lipinski definition) is 4. The molecule has 0 spiro atoms. The zero-order valence-corrected chi connectivity index (χ0v) is 11.1. The summed E-state index contributed by atoms with van der Waals surface area (Å²) in [5.74, 6) is 0.815. The van der Waals surface area contributed by atoms with Gasteiger partial charge in [-0.1, -0.05) is 18.5 Å². The normalized spacial score (nSPS) is 21.3. The Kier molecular flexibility index (Phi) is 4.01. The number of likely N-dealkylation sites (tertiary alicyclic amines) is 1. The molecule has 1 aromatic rings. The molecule has 2 N–H and O–H groups in total. The maximum atomic E-state index is 12.3. The summed E-state index contributed by atoms with van der Waals surface area (Å²) >= 11 is 0. The first-order valence-electron chi connectivity index (χ1n) is 6.62. The standard InChI is InChI=1S/C13H21N3O2/c1-3-5-10(14)13(17)16-7-4-6-11(16)12-8-9(2)15-18-12/h8,10-11H,3-7,14H2,1-2H3/t10-,11?/m0/s1. The van der Waals surface area contributed by atoms with E-state index in [-0.39, 0.29) is 18.0 Å². The van der Waals surface area contributed by atoms with Crippen LogP contribution in [0.5, 0.6) is 0 Å². The fourth-order valence-corrected chi connectivity index (χ4v) is 2.51. The van der Waals surface area contributed by atoms with Crippen LogP contribution in [0.25, 0.3) is 0 Å². The number of aromatic nitrogens is 1. The zero-order valence-electron chi connectivity index (χ0n) is 11.1. The summed E-state index contributed by atoms with van der Waals surface area (Å²) in [6.45, 7) is 4.69. The summed E-state index contributed by atoms with van der Waals surface area (Å²) in [6, 6.07) is 1.53. The molecule has 0 aromatic carbocycles. The van der Waals surface area contributed by atoms with Crippen molar-refractivity contribution >= 4 is 5.91 Å². The topological polar surface area (TPSA) is 72.4 Å². The lowest BCUT2D eigenvalue weighted by molar-refractivity contribution is -0.134. The van der Waals surface area contributed by atoms with Crippen LogP contribution in [0.4, 0.5) is 0 Å². The average Bonchev–Trinajstić information content (AvgIpc) is 2.96. The van der Waals surface area contributed by atoms with E-state index in [1.165, 1.54) is 0 Å². The molecule has 1 unspecified atom stereocenters. The lowest BCUT2D eigenvalue weighted by Crippen LogP contribution is -2.43. The number of amides is 1. The van der Waals surface area contributed by atoms with Gasteiger partial charge in [0.15, 0.2) is 5.76 Å². The molecular formula is C13H21N3O2. The molecule has 5 nitrogen and oxygen atoms in total. The van der Waals surface area contributed by atoms with Crippen LogP contribution in [0.3, 0.4) is 0 Å². The van der Waals surface area contributed by atoms with E-state index < -0.39 is 0 Å². The number of nitrogens with zero attached hydrogens (tertiary/aromatic N) is 2. The van der Waals surface area contributed by atoms with E-state index in [1.54, 1.807) is 0 Å². The third-order valence-corrected chi connectivity index (χ3v) is 3.43. The van der Waals surface area contributed by atoms with Crippen molar-refractivity contribution in [1.29, 1.82) is 0 Å². The molecular weight excluding hydrogens is 230 g/mol. The quantitative estimate of drug-likeness (QED) is 0.885. The predicted molar refractivity (Wildman–Crippen MR) is 67.8 cm³/mol. The van der Waals surface area contributed by atoms with Crippen molar-refractivity contribution in [2.75, 3.05) is 6.54 Å². The minimum Gasteiger partial charge on any atom is -0.359 e. The Balaban J connectivity index is 2.10. The first kappa shape index (κ1) is 13.1. The number of rotatable bonds is 4. The maximum absolute atomic E-state index is 12.3. The molecule has 2 atom stereocenters. The van der Waals surface area contributed by atoms with Crippen LogP contribution in [0, 0.1) is 6.92 Å². The van der Waals surface area contributed by atoms with Gasteiger partial charge in [-0.2, -0.15) is 0 Å². The van der Waals surface area contributed by atoms with Crippen molar-refractivity contribution < 1.29 is 9.32 Å². The Morgan fingerprint density at radius 1 is 1.72 bits per heavy atom. The van der Waals surface area contributed by atoms with E-state index in [1.807, 2.05) is 24.8 Å². The predicted octanol–water partition coefficient (Wildman–Crippen LogP) is 1.77. The van der Waals surface area contributed by atoms with Gasteiger partial charge in [-0.15, -0.1) is 0 Å². The molecule has 1 aromatic heterocycles. The van der Waals surface area contributed by atoms with Crippen molar-refractivity contribution in [3.63, 3.8) is 0 Å². The number of nitrogens with two attached hydrogens (primary N) is 1. The monoisotopic (exact) mass is 251 g/mol. The zero-order chi connectivity index (χ0) is 13.1. The van der Waals surface area contributed by atoms with Gasteiger partial charge in [-0.3, -0.25) is 4.79 Å². The highest BCUT2D eigenvalue weighted by Gasteiger charge is 2.34. The van der Waals surface area contributed by atoms with E-state index in [0.717, 1.165) is 43.7 Å². The molecule has 2 rings (SSSR count). The summed E-state index contributed by atoms with van der Waals surface area (Å²) in [7, 11) is 0. The van der Waals surface area contributed by atoms with Crippen molar-refractivity contribution in [3.05, 3.63) is 17.5 Å². The fraction of sp³-hybridized carbons (Fsp3) is 0.692. The molecule has 1 amide bonds. The molecule has 18 heavy (non-hydrogen) atoms. The molecule has 0 bridgehead atoms. The van der Waals surface area contributed by atoms with Gasteiger partial charge in [-0.25, -0.2) is 0 Å². The van der Waals surface area contributed by atoms with Gasteiger partial charge in [0.2, 0.25) is 5.91 Å². The Hall–Kier alpha value is -1.36. The van der Waals surface area contributed by atoms with Gasteiger partial charge in [0.25, 0.3) is 0 Å². The molecule has 100 valence electrons. The Bertz CT molecular complexity index is 416. The smallest absolute Gasteiger partial charge is 0.240 e. The van der Waals surface area contributed by atoms with Crippen LogP contribution in [0.2, 0.25) is 0 Å². The summed E-state index contributed by atoms with van der Waals surface area (Å²) in [4.78, 5) is 14.1. The van der Waals surface area contributed by atoms with Crippen LogP contribution >= 0.6 is 0 Å². The third kappa shape index (κ3) is 2.56. The second kappa shape index (κ2) is 5.52. The van der Waals surface area contributed by atoms with Crippen LogP contribution in [-0.4, -0.2) is 28.6 Å². The van der Waals surface area contributed by atoms with E-state index in [2.05, 4.69) is 5.16 Å². The summed E-state index contributed by atoms with van der Waals surface area (Å²) in [5, 5.41) is 3.89. The van der Waals surface area contributed by atoms with Crippen molar-refractivity contribution in [2.24, 2.45) is 5.73 Å². The van der Waals surface area contributed by atoms with Gasteiger partial charge in [0, 0.05) is 12.6 Å². The van der Waals surface area contributed by atoms with Gasteiger partial charge >= 0.3 is 0 Å². The molecule has 2 heterocycles. The highest BCUT2D eigenvalue weighted by molar-refractivity contribution is 5.82. The van der Waals surface area contributed by atoms with Crippen LogP contribution in [0.15, 0.2) is 10.6 Å². The molecule has 0 aliphatic carbocycles. The van der Waals surface area contributed by atoms with Crippen LogP contribution in [-0.2, 0) is 4.79 Å². The summed E-state index contributed by atoms with van der Waals surface area (Å²) in [6.07, 6.45) is 3.58. The highest BCUT2D eigenvalue weighted by Crippen LogP contribution is 2.32.